The van der Waals surface area contributed by atoms with Crippen molar-refractivity contribution in [3.05, 3.63) is 0 Å². The van der Waals surface area contributed by atoms with Crippen LogP contribution in [0.25, 0.3) is 0 Å². The van der Waals surface area contributed by atoms with Gasteiger partial charge in [0.2, 0.25) is 9.04 Å². The van der Waals surface area contributed by atoms with E-state index in [1.54, 1.807) is 0 Å². The van der Waals surface area contributed by atoms with Gasteiger partial charge >= 0.3 is 0 Å². The van der Waals surface area contributed by atoms with Gasteiger partial charge in [-0.2, -0.15) is 0 Å². The highest BCUT2D eigenvalue weighted by molar-refractivity contribution is 6.48. The Kier molecular flexibility index (Phi) is 4.58. The maximum absolute atomic E-state index is 5.58. The SMILES string of the molecule is C#CC(CO[Si](C)C)C(C)(C)C. The third-order valence-corrected chi connectivity index (χ3v) is 2.53. The van der Waals surface area contributed by atoms with E-state index in [1.165, 1.54) is 0 Å². The van der Waals surface area contributed by atoms with Gasteiger partial charge in [-0.05, 0) is 18.5 Å². The van der Waals surface area contributed by atoms with Crippen LogP contribution in [0.1, 0.15) is 20.8 Å². The summed E-state index contributed by atoms with van der Waals surface area (Å²) in [5.74, 6) is 3.02. The second-order valence-corrected chi connectivity index (χ2v) is 6.41. The molecule has 1 nitrogen and oxygen atoms in total. The minimum absolute atomic E-state index is 0.159. The Morgan fingerprint density at radius 1 is 1.42 bits per heavy atom. The molecule has 69 valence electrons. The van der Waals surface area contributed by atoms with Crippen molar-refractivity contribution in [1.29, 1.82) is 0 Å². The highest BCUT2D eigenvalue weighted by Crippen LogP contribution is 2.25. The molecule has 0 aromatic heterocycles. The van der Waals surface area contributed by atoms with E-state index in [0.717, 1.165) is 0 Å². The van der Waals surface area contributed by atoms with Crippen LogP contribution in [0.3, 0.4) is 0 Å². The molecule has 0 aliphatic carbocycles. The smallest absolute Gasteiger partial charge is 0.204 e. The van der Waals surface area contributed by atoms with E-state index in [-0.39, 0.29) is 11.3 Å². The molecule has 0 aliphatic rings. The largest absolute Gasteiger partial charge is 0.416 e. The lowest BCUT2D eigenvalue weighted by atomic mass is 9.82. The average molecular weight is 183 g/mol. The van der Waals surface area contributed by atoms with Crippen LogP contribution >= 0.6 is 0 Å². The van der Waals surface area contributed by atoms with Crippen molar-refractivity contribution in [3.63, 3.8) is 0 Å². The van der Waals surface area contributed by atoms with E-state index in [1.807, 2.05) is 0 Å². The Bertz CT molecular complexity index is 162. The molecule has 0 aliphatic heterocycles. The monoisotopic (exact) mass is 183 g/mol. The molecule has 0 rings (SSSR count). The van der Waals surface area contributed by atoms with E-state index in [4.69, 9.17) is 10.8 Å². The summed E-state index contributed by atoms with van der Waals surface area (Å²) in [6.45, 7) is 11.4. The molecule has 0 saturated heterocycles. The summed E-state index contributed by atoms with van der Waals surface area (Å²) in [6.07, 6.45) is 5.43. The minimum Gasteiger partial charge on any atom is -0.416 e. The summed E-state index contributed by atoms with van der Waals surface area (Å²) in [7, 11) is -0.595. The molecule has 1 atom stereocenters. The molecule has 1 unspecified atom stereocenters. The van der Waals surface area contributed by atoms with Gasteiger partial charge in [-0.15, -0.1) is 12.3 Å². The number of terminal acetylenes is 1. The fourth-order valence-electron chi connectivity index (χ4n) is 0.798. The molecule has 0 aromatic carbocycles. The summed E-state index contributed by atoms with van der Waals surface area (Å²) >= 11 is 0. The molecule has 1 radical (unpaired) electrons. The molecule has 0 aromatic rings. The first-order chi connectivity index (χ1) is 5.38. The number of hydrogen-bond acceptors (Lipinski definition) is 1. The summed E-state index contributed by atoms with van der Waals surface area (Å²) in [4.78, 5) is 0. The van der Waals surface area contributed by atoms with Gasteiger partial charge in [-0.1, -0.05) is 20.8 Å². The third-order valence-electron chi connectivity index (χ3n) is 1.79. The van der Waals surface area contributed by atoms with E-state index in [9.17, 15) is 0 Å². The van der Waals surface area contributed by atoms with E-state index < -0.39 is 9.04 Å². The fraction of sp³-hybridized carbons (Fsp3) is 0.800. The van der Waals surface area contributed by atoms with Gasteiger partial charge < -0.3 is 4.43 Å². The van der Waals surface area contributed by atoms with Gasteiger partial charge in [-0.3, -0.25) is 0 Å². The van der Waals surface area contributed by atoms with Gasteiger partial charge in [0.25, 0.3) is 0 Å². The van der Waals surface area contributed by atoms with Crippen molar-refractivity contribution < 1.29 is 4.43 Å². The fourth-order valence-corrected chi connectivity index (χ4v) is 1.30. The van der Waals surface area contributed by atoms with Gasteiger partial charge in [-0.25, -0.2) is 0 Å². The molecule has 0 fully saturated rings. The Balaban J connectivity index is 3.96. The van der Waals surface area contributed by atoms with Gasteiger partial charge in [0.15, 0.2) is 0 Å². The molecular formula is C10H19OSi. The minimum atomic E-state index is -0.595. The Morgan fingerprint density at radius 2 is 1.92 bits per heavy atom. The molecule has 2 heteroatoms. The lowest BCUT2D eigenvalue weighted by Crippen LogP contribution is -2.26. The van der Waals surface area contributed by atoms with Crippen LogP contribution in [-0.2, 0) is 4.43 Å². The summed E-state index contributed by atoms with van der Waals surface area (Å²) in [5, 5.41) is 0. The first-order valence-corrected chi connectivity index (χ1v) is 6.68. The molecule has 0 bridgehead atoms. The van der Waals surface area contributed by atoms with Gasteiger partial charge in [0.1, 0.15) is 0 Å². The molecular weight excluding hydrogens is 164 g/mol. The lowest BCUT2D eigenvalue weighted by molar-refractivity contribution is 0.192. The second kappa shape index (κ2) is 4.69. The highest BCUT2D eigenvalue weighted by Gasteiger charge is 2.22. The zero-order valence-electron chi connectivity index (χ0n) is 8.77. The molecule has 0 spiro atoms. The quantitative estimate of drug-likeness (QED) is 0.482. The van der Waals surface area contributed by atoms with Crippen LogP contribution in [0.4, 0.5) is 0 Å². The number of hydrogen-bond donors (Lipinski definition) is 0. The topological polar surface area (TPSA) is 9.23 Å². The number of rotatable bonds is 3. The maximum atomic E-state index is 5.58. The van der Waals surface area contributed by atoms with Crippen LogP contribution < -0.4 is 0 Å². The van der Waals surface area contributed by atoms with E-state index in [2.05, 4.69) is 39.8 Å². The maximum Gasteiger partial charge on any atom is 0.204 e. The van der Waals surface area contributed by atoms with Crippen molar-refractivity contribution in [2.45, 2.75) is 33.9 Å². The lowest BCUT2D eigenvalue weighted by Gasteiger charge is -2.26. The van der Waals surface area contributed by atoms with Crippen LogP contribution in [0, 0.1) is 23.7 Å². The predicted octanol–water partition coefficient (Wildman–Crippen LogP) is 2.55. The predicted molar refractivity (Wildman–Crippen MR) is 55.2 cm³/mol. The normalized spacial score (nSPS) is 14.4. The molecule has 0 heterocycles. The van der Waals surface area contributed by atoms with Crippen LogP contribution in [-0.4, -0.2) is 15.6 Å². The highest BCUT2D eigenvalue weighted by atomic mass is 28.3. The van der Waals surface area contributed by atoms with Crippen molar-refractivity contribution in [2.24, 2.45) is 11.3 Å². The van der Waals surface area contributed by atoms with Crippen LogP contribution in [0.5, 0.6) is 0 Å². The van der Waals surface area contributed by atoms with Crippen LogP contribution in [0.2, 0.25) is 13.1 Å². The summed E-state index contributed by atoms with van der Waals surface area (Å²) in [5.41, 5.74) is 0.159. The van der Waals surface area contributed by atoms with Crippen molar-refractivity contribution >= 4 is 9.04 Å². The first-order valence-electron chi connectivity index (χ1n) is 4.27. The first kappa shape index (κ1) is 11.7. The Labute approximate surface area is 78.2 Å². The van der Waals surface area contributed by atoms with Gasteiger partial charge in [0.05, 0.1) is 0 Å². The molecule has 12 heavy (non-hydrogen) atoms. The third kappa shape index (κ3) is 4.58. The van der Waals surface area contributed by atoms with E-state index >= 15 is 0 Å². The molecule has 0 N–H and O–H groups in total. The zero-order valence-corrected chi connectivity index (χ0v) is 9.77. The standard InChI is InChI=1S/C10H19OSi/c1-7-9(10(2,3)4)8-11-12(5)6/h1,9H,8H2,2-6H3. The van der Waals surface area contributed by atoms with Crippen LogP contribution in [0.15, 0.2) is 0 Å². The summed E-state index contributed by atoms with van der Waals surface area (Å²) in [6, 6.07) is 0. The average Bonchev–Trinajstić information content (AvgIpc) is 1.85. The summed E-state index contributed by atoms with van der Waals surface area (Å²) < 4.78 is 5.58. The Morgan fingerprint density at radius 3 is 2.17 bits per heavy atom. The Hall–Kier alpha value is -0.263. The second-order valence-electron chi connectivity index (χ2n) is 4.30. The molecule has 0 amide bonds. The molecule has 0 saturated carbocycles. The van der Waals surface area contributed by atoms with Crippen molar-refractivity contribution in [1.82, 2.24) is 0 Å². The van der Waals surface area contributed by atoms with Crippen molar-refractivity contribution in [3.8, 4) is 12.3 Å². The van der Waals surface area contributed by atoms with Crippen molar-refractivity contribution in [2.75, 3.05) is 6.61 Å². The van der Waals surface area contributed by atoms with Gasteiger partial charge in [0, 0.05) is 12.5 Å². The zero-order chi connectivity index (χ0) is 9.78. The van der Waals surface area contributed by atoms with E-state index in [0.29, 0.717) is 6.61 Å².